The molecule has 2 N–H and O–H groups in total. The summed E-state index contributed by atoms with van der Waals surface area (Å²) in [4.78, 5) is 11.5. The Hall–Kier alpha value is -0.940. The molecule has 0 amide bonds. The molecular formula is C15H19BrFNO2. The molecule has 0 saturated heterocycles. The van der Waals surface area contributed by atoms with E-state index in [9.17, 15) is 14.3 Å². The molecule has 0 spiro atoms. The van der Waals surface area contributed by atoms with Crippen molar-refractivity contribution >= 4 is 21.9 Å². The van der Waals surface area contributed by atoms with Gasteiger partial charge < -0.3 is 5.11 Å². The highest BCUT2D eigenvalue weighted by molar-refractivity contribution is 9.10. The number of hydrogen-bond acceptors (Lipinski definition) is 2. The van der Waals surface area contributed by atoms with Crippen molar-refractivity contribution in [2.45, 2.75) is 50.6 Å². The average Bonchev–Trinajstić information content (AvgIpc) is 2.65. The van der Waals surface area contributed by atoms with Gasteiger partial charge in [-0.2, -0.15) is 0 Å². The first-order valence-corrected chi connectivity index (χ1v) is 7.81. The van der Waals surface area contributed by atoms with Crippen LogP contribution in [-0.2, 0) is 4.79 Å². The smallest absolute Gasteiger partial charge is 0.325 e. The lowest BCUT2D eigenvalue weighted by Gasteiger charge is -2.22. The zero-order valence-electron chi connectivity index (χ0n) is 11.2. The van der Waals surface area contributed by atoms with Crippen molar-refractivity contribution in [2.24, 2.45) is 0 Å². The first kappa shape index (κ1) is 15.4. The van der Waals surface area contributed by atoms with Gasteiger partial charge in [0.15, 0.2) is 0 Å². The molecule has 1 aliphatic carbocycles. The minimum Gasteiger partial charge on any atom is -0.480 e. The lowest BCUT2D eigenvalue weighted by molar-refractivity contribution is -0.140. The Balaban J connectivity index is 2.15. The van der Waals surface area contributed by atoms with Crippen molar-refractivity contribution in [3.8, 4) is 0 Å². The van der Waals surface area contributed by atoms with Crippen LogP contribution < -0.4 is 5.32 Å². The largest absolute Gasteiger partial charge is 0.480 e. The quantitative estimate of drug-likeness (QED) is 0.811. The summed E-state index contributed by atoms with van der Waals surface area (Å²) in [6, 6.07) is 3.68. The SMILES string of the molecule is O=C(O)C(NC1CCCCCC1)c1ccc(Br)cc1F. The lowest BCUT2D eigenvalue weighted by atomic mass is 10.0. The fraction of sp³-hybridized carbons (Fsp3) is 0.533. The molecule has 1 aromatic carbocycles. The van der Waals surface area contributed by atoms with E-state index in [-0.39, 0.29) is 11.6 Å². The fourth-order valence-corrected chi connectivity index (χ4v) is 3.04. The average molecular weight is 344 g/mol. The highest BCUT2D eigenvalue weighted by Crippen LogP contribution is 2.25. The summed E-state index contributed by atoms with van der Waals surface area (Å²) in [5.74, 6) is -1.52. The number of benzene rings is 1. The summed E-state index contributed by atoms with van der Waals surface area (Å²) >= 11 is 3.18. The van der Waals surface area contributed by atoms with Gasteiger partial charge in [-0.1, -0.05) is 47.7 Å². The van der Waals surface area contributed by atoms with Gasteiger partial charge in [-0.05, 0) is 25.0 Å². The van der Waals surface area contributed by atoms with Gasteiger partial charge in [0.25, 0.3) is 0 Å². The summed E-state index contributed by atoms with van der Waals surface area (Å²) in [6.07, 6.45) is 6.52. The standard InChI is InChI=1S/C15H19BrFNO2/c16-10-7-8-12(13(17)9-10)14(15(19)20)18-11-5-3-1-2-4-6-11/h7-9,11,14,18H,1-6H2,(H,19,20). The monoisotopic (exact) mass is 343 g/mol. The van der Waals surface area contributed by atoms with Gasteiger partial charge in [0.2, 0.25) is 0 Å². The number of carboxylic acid groups (broad SMARTS) is 1. The third-order valence-electron chi connectivity index (χ3n) is 3.78. The Kier molecular flexibility index (Phi) is 5.54. The van der Waals surface area contributed by atoms with Crippen LogP contribution in [0, 0.1) is 5.82 Å². The molecule has 0 aliphatic heterocycles. The third-order valence-corrected chi connectivity index (χ3v) is 4.27. The number of rotatable bonds is 4. The van der Waals surface area contributed by atoms with E-state index >= 15 is 0 Å². The molecule has 1 saturated carbocycles. The van der Waals surface area contributed by atoms with E-state index in [4.69, 9.17) is 0 Å². The van der Waals surface area contributed by atoms with Crippen LogP contribution in [0.1, 0.15) is 50.1 Å². The molecular weight excluding hydrogens is 325 g/mol. The van der Waals surface area contributed by atoms with E-state index in [2.05, 4.69) is 21.2 Å². The van der Waals surface area contributed by atoms with Crippen LogP contribution in [-0.4, -0.2) is 17.1 Å². The van der Waals surface area contributed by atoms with Crippen LogP contribution in [0.2, 0.25) is 0 Å². The van der Waals surface area contributed by atoms with Crippen molar-refractivity contribution in [2.75, 3.05) is 0 Å². The second-order valence-electron chi connectivity index (χ2n) is 5.29. The molecule has 1 aliphatic rings. The van der Waals surface area contributed by atoms with Gasteiger partial charge >= 0.3 is 5.97 Å². The maximum Gasteiger partial charge on any atom is 0.325 e. The number of aliphatic carboxylic acids is 1. The Morgan fingerprint density at radius 2 is 1.95 bits per heavy atom. The molecule has 0 radical (unpaired) electrons. The first-order valence-electron chi connectivity index (χ1n) is 7.01. The molecule has 2 rings (SSSR count). The molecule has 1 fully saturated rings. The van der Waals surface area contributed by atoms with E-state index in [1.54, 1.807) is 6.07 Å². The zero-order chi connectivity index (χ0) is 14.5. The van der Waals surface area contributed by atoms with E-state index in [0.717, 1.165) is 25.7 Å². The van der Waals surface area contributed by atoms with Crippen LogP contribution in [0.5, 0.6) is 0 Å². The summed E-state index contributed by atoms with van der Waals surface area (Å²) in [6.45, 7) is 0. The highest BCUT2D eigenvalue weighted by atomic mass is 79.9. The summed E-state index contributed by atoms with van der Waals surface area (Å²) in [7, 11) is 0. The van der Waals surface area contributed by atoms with E-state index in [1.165, 1.54) is 25.0 Å². The van der Waals surface area contributed by atoms with Gasteiger partial charge in [-0.25, -0.2) is 4.39 Å². The first-order chi connectivity index (χ1) is 9.58. The molecule has 1 aromatic rings. The number of nitrogens with one attached hydrogen (secondary N) is 1. The highest BCUT2D eigenvalue weighted by Gasteiger charge is 2.26. The second kappa shape index (κ2) is 7.18. The predicted octanol–water partition coefficient (Wildman–Crippen LogP) is 4.03. The Morgan fingerprint density at radius 3 is 2.50 bits per heavy atom. The molecule has 5 heteroatoms. The van der Waals surface area contributed by atoms with E-state index < -0.39 is 17.8 Å². The second-order valence-corrected chi connectivity index (χ2v) is 6.21. The molecule has 3 nitrogen and oxygen atoms in total. The molecule has 110 valence electrons. The topological polar surface area (TPSA) is 49.3 Å². The predicted molar refractivity (Wildman–Crippen MR) is 79.1 cm³/mol. The van der Waals surface area contributed by atoms with Gasteiger partial charge in [0, 0.05) is 16.1 Å². The Morgan fingerprint density at radius 1 is 1.30 bits per heavy atom. The molecule has 1 unspecified atom stereocenters. The normalized spacial score (nSPS) is 18.5. The van der Waals surface area contributed by atoms with Gasteiger partial charge in [-0.3, -0.25) is 10.1 Å². The van der Waals surface area contributed by atoms with Crippen LogP contribution in [0.3, 0.4) is 0 Å². The Bertz CT molecular complexity index is 473. The van der Waals surface area contributed by atoms with Crippen molar-refractivity contribution in [1.82, 2.24) is 5.32 Å². The van der Waals surface area contributed by atoms with Crippen LogP contribution in [0.25, 0.3) is 0 Å². The maximum atomic E-state index is 14.0. The Labute approximate surface area is 126 Å². The minimum absolute atomic E-state index is 0.154. The van der Waals surface area contributed by atoms with E-state index in [0.29, 0.717) is 4.47 Å². The molecule has 20 heavy (non-hydrogen) atoms. The molecule has 0 aromatic heterocycles. The molecule has 0 bridgehead atoms. The zero-order valence-corrected chi connectivity index (χ0v) is 12.8. The number of carboxylic acids is 1. The number of halogens is 2. The molecule has 1 atom stereocenters. The molecule has 0 heterocycles. The summed E-state index contributed by atoms with van der Waals surface area (Å²) < 4.78 is 14.6. The van der Waals surface area contributed by atoms with Crippen molar-refractivity contribution in [3.63, 3.8) is 0 Å². The fourth-order valence-electron chi connectivity index (χ4n) is 2.71. The number of carbonyl (C=O) groups is 1. The minimum atomic E-state index is -1.03. The van der Waals surface area contributed by atoms with Crippen LogP contribution in [0.15, 0.2) is 22.7 Å². The summed E-state index contributed by atoms with van der Waals surface area (Å²) in [5.41, 5.74) is 0.199. The third kappa shape index (κ3) is 4.03. The van der Waals surface area contributed by atoms with Gasteiger partial charge in [0.1, 0.15) is 11.9 Å². The summed E-state index contributed by atoms with van der Waals surface area (Å²) in [5, 5.41) is 12.5. The maximum absolute atomic E-state index is 14.0. The van der Waals surface area contributed by atoms with Crippen LogP contribution in [0.4, 0.5) is 4.39 Å². The van der Waals surface area contributed by atoms with E-state index in [1.807, 2.05) is 0 Å². The van der Waals surface area contributed by atoms with Gasteiger partial charge in [0.05, 0.1) is 0 Å². The number of hydrogen-bond donors (Lipinski definition) is 2. The van der Waals surface area contributed by atoms with Gasteiger partial charge in [-0.15, -0.1) is 0 Å². The van der Waals surface area contributed by atoms with Crippen molar-refractivity contribution in [3.05, 3.63) is 34.1 Å². The van der Waals surface area contributed by atoms with Crippen molar-refractivity contribution in [1.29, 1.82) is 0 Å². The van der Waals surface area contributed by atoms with Crippen LogP contribution >= 0.6 is 15.9 Å². The lowest BCUT2D eigenvalue weighted by Crippen LogP contribution is -2.37. The van der Waals surface area contributed by atoms with Crippen molar-refractivity contribution < 1.29 is 14.3 Å².